The molecule has 1 saturated heterocycles. The van der Waals surface area contributed by atoms with E-state index in [2.05, 4.69) is 10.6 Å². The minimum Gasteiger partial charge on any atom is -0.344 e. The van der Waals surface area contributed by atoms with E-state index in [9.17, 15) is 24.0 Å². The van der Waals surface area contributed by atoms with Gasteiger partial charge in [-0.2, -0.15) is 0 Å². The first-order chi connectivity index (χ1) is 15.4. The van der Waals surface area contributed by atoms with Gasteiger partial charge in [0.25, 0.3) is 11.8 Å². The number of nitrogens with one attached hydrogen (secondary N) is 2. The first-order valence-corrected chi connectivity index (χ1v) is 11.5. The second kappa shape index (κ2) is 7.98. The predicted molar refractivity (Wildman–Crippen MR) is 115 cm³/mol. The molecule has 2 fully saturated rings. The van der Waals surface area contributed by atoms with Crippen molar-refractivity contribution in [1.29, 1.82) is 0 Å². The fraction of sp³-hybridized carbons (Fsp3) is 0.348. The van der Waals surface area contributed by atoms with Crippen LogP contribution in [-0.4, -0.2) is 40.4 Å². The van der Waals surface area contributed by atoms with Crippen LogP contribution >= 0.6 is 11.3 Å². The van der Waals surface area contributed by atoms with Crippen molar-refractivity contribution in [3.8, 4) is 0 Å². The van der Waals surface area contributed by atoms with Crippen LogP contribution in [0.2, 0.25) is 0 Å². The van der Waals surface area contributed by atoms with E-state index in [0.717, 1.165) is 10.4 Å². The van der Waals surface area contributed by atoms with E-state index in [1.807, 2.05) is 12.1 Å². The number of thiophene rings is 1. The number of nitrogens with zero attached hydrogens (tertiary/aromatic N) is 1. The van der Waals surface area contributed by atoms with Crippen LogP contribution in [-0.2, 0) is 27.5 Å². The van der Waals surface area contributed by atoms with E-state index in [1.165, 1.54) is 34.6 Å². The Labute approximate surface area is 188 Å². The Balaban J connectivity index is 1.22. The molecule has 8 nitrogen and oxygen atoms in total. The minimum atomic E-state index is -0.697. The molecule has 0 bridgehead atoms. The maximum absolute atomic E-state index is 12.8. The molecule has 1 unspecified atom stereocenters. The Morgan fingerprint density at radius 3 is 2.53 bits per heavy atom. The molecule has 1 aromatic heterocycles. The SMILES string of the molecule is O=C1CCC(N2Cc3c(csc3CNC(=O)C(=O)c3ccc(C4CC4)cc3)C2=O)C(=O)N1. The molecule has 164 valence electrons. The molecule has 2 aromatic rings. The molecule has 2 aliphatic heterocycles. The summed E-state index contributed by atoms with van der Waals surface area (Å²) >= 11 is 1.34. The summed E-state index contributed by atoms with van der Waals surface area (Å²) in [5.74, 6) is -1.76. The number of benzene rings is 1. The van der Waals surface area contributed by atoms with Crippen molar-refractivity contribution in [3.05, 3.63) is 56.8 Å². The largest absolute Gasteiger partial charge is 0.344 e. The molecule has 5 rings (SSSR count). The van der Waals surface area contributed by atoms with Gasteiger partial charge in [-0.05, 0) is 36.3 Å². The van der Waals surface area contributed by atoms with E-state index in [1.54, 1.807) is 17.5 Å². The van der Waals surface area contributed by atoms with Gasteiger partial charge in [-0.15, -0.1) is 11.3 Å². The van der Waals surface area contributed by atoms with Gasteiger partial charge in [-0.1, -0.05) is 24.3 Å². The lowest BCUT2D eigenvalue weighted by Gasteiger charge is -2.29. The minimum absolute atomic E-state index is 0.126. The Bertz CT molecular complexity index is 1150. The molecule has 2 N–H and O–H groups in total. The number of hydrogen-bond donors (Lipinski definition) is 2. The maximum Gasteiger partial charge on any atom is 0.292 e. The summed E-state index contributed by atoms with van der Waals surface area (Å²) < 4.78 is 0. The number of carbonyl (C=O) groups excluding carboxylic acids is 5. The van der Waals surface area contributed by atoms with Gasteiger partial charge < -0.3 is 10.2 Å². The molecular formula is C23H21N3O5S. The van der Waals surface area contributed by atoms with Crippen molar-refractivity contribution < 1.29 is 24.0 Å². The lowest BCUT2D eigenvalue weighted by Crippen LogP contribution is -2.52. The van der Waals surface area contributed by atoms with Gasteiger partial charge >= 0.3 is 0 Å². The maximum atomic E-state index is 12.8. The Hall–Kier alpha value is -3.33. The number of fused-ring (bicyclic) bond motifs is 1. The van der Waals surface area contributed by atoms with Crippen LogP contribution in [0.25, 0.3) is 0 Å². The summed E-state index contributed by atoms with van der Waals surface area (Å²) in [7, 11) is 0. The molecule has 3 aliphatic rings. The predicted octanol–water partition coefficient (Wildman–Crippen LogP) is 1.89. The number of Topliss-reactive ketones (excluding diaryl/α,β-unsaturated/α-hetero) is 1. The summed E-state index contributed by atoms with van der Waals surface area (Å²) in [6.07, 6.45) is 2.83. The van der Waals surface area contributed by atoms with E-state index >= 15 is 0 Å². The number of carbonyl (C=O) groups is 5. The molecule has 1 atom stereocenters. The van der Waals surface area contributed by atoms with Crippen LogP contribution < -0.4 is 10.6 Å². The smallest absolute Gasteiger partial charge is 0.292 e. The lowest BCUT2D eigenvalue weighted by molar-refractivity contribution is -0.136. The summed E-state index contributed by atoms with van der Waals surface area (Å²) in [5.41, 5.74) is 2.81. The van der Waals surface area contributed by atoms with Gasteiger partial charge in [0.05, 0.1) is 12.1 Å². The van der Waals surface area contributed by atoms with Crippen LogP contribution in [0.15, 0.2) is 29.6 Å². The number of piperidine rings is 1. The summed E-state index contributed by atoms with van der Waals surface area (Å²) in [5, 5.41) is 6.64. The van der Waals surface area contributed by atoms with E-state index in [-0.39, 0.29) is 31.3 Å². The van der Waals surface area contributed by atoms with Crippen LogP contribution in [0.5, 0.6) is 0 Å². The zero-order chi connectivity index (χ0) is 22.4. The van der Waals surface area contributed by atoms with Gasteiger partial charge in [0, 0.05) is 28.8 Å². The van der Waals surface area contributed by atoms with Crippen LogP contribution in [0.1, 0.15) is 68.3 Å². The molecule has 0 radical (unpaired) electrons. The van der Waals surface area contributed by atoms with Crippen LogP contribution in [0.3, 0.4) is 0 Å². The van der Waals surface area contributed by atoms with E-state index < -0.39 is 23.6 Å². The first kappa shape index (κ1) is 20.6. The lowest BCUT2D eigenvalue weighted by atomic mass is 10.0. The van der Waals surface area contributed by atoms with Crippen molar-refractivity contribution >= 4 is 40.7 Å². The second-order valence-electron chi connectivity index (χ2n) is 8.36. The summed E-state index contributed by atoms with van der Waals surface area (Å²) in [6, 6.07) is 6.50. The van der Waals surface area contributed by atoms with Gasteiger partial charge in [-0.25, -0.2) is 0 Å². The molecule has 4 amide bonds. The molecule has 1 saturated carbocycles. The summed E-state index contributed by atoms with van der Waals surface area (Å²) in [4.78, 5) is 63.4. The first-order valence-electron chi connectivity index (χ1n) is 10.6. The van der Waals surface area contributed by atoms with Crippen molar-refractivity contribution in [2.45, 2.75) is 50.7 Å². The van der Waals surface area contributed by atoms with Gasteiger partial charge in [-0.3, -0.25) is 29.3 Å². The van der Waals surface area contributed by atoms with Crippen molar-refractivity contribution in [2.75, 3.05) is 0 Å². The van der Waals surface area contributed by atoms with Gasteiger partial charge in [0.15, 0.2) is 0 Å². The molecule has 3 heterocycles. The third kappa shape index (κ3) is 3.73. The number of amides is 4. The average Bonchev–Trinajstić information content (AvgIpc) is 3.49. The monoisotopic (exact) mass is 451 g/mol. The fourth-order valence-electron chi connectivity index (χ4n) is 4.25. The Morgan fingerprint density at radius 2 is 1.84 bits per heavy atom. The highest BCUT2D eigenvalue weighted by Gasteiger charge is 2.40. The van der Waals surface area contributed by atoms with Gasteiger partial charge in [0.2, 0.25) is 17.6 Å². The van der Waals surface area contributed by atoms with Gasteiger partial charge in [0.1, 0.15) is 6.04 Å². The fourth-order valence-corrected chi connectivity index (χ4v) is 5.22. The quantitative estimate of drug-likeness (QED) is 0.396. The zero-order valence-corrected chi connectivity index (χ0v) is 18.0. The van der Waals surface area contributed by atoms with Crippen LogP contribution in [0.4, 0.5) is 0 Å². The third-order valence-corrected chi connectivity index (χ3v) is 7.25. The number of imide groups is 1. The Kier molecular flexibility index (Phi) is 5.13. The number of hydrogen-bond acceptors (Lipinski definition) is 6. The third-order valence-electron chi connectivity index (χ3n) is 6.22. The normalized spacial score (nSPS) is 20.2. The number of ketones is 1. The second-order valence-corrected chi connectivity index (χ2v) is 9.32. The highest BCUT2D eigenvalue weighted by Crippen LogP contribution is 2.40. The average molecular weight is 452 g/mol. The van der Waals surface area contributed by atoms with Crippen molar-refractivity contribution in [2.24, 2.45) is 0 Å². The van der Waals surface area contributed by atoms with Crippen molar-refractivity contribution in [1.82, 2.24) is 15.5 Å². The van der Waals surface area contributed by atoms with E-state index in [4.69, 9.17) is 0 Å². The van der Waals surface area contributed by atoms with Crippen molar-refractivity contribution in [3.63, 3.8) is 0 Å². The van der Waals surface area contributed by atoms with E-state index in [0.29, 0.717) is 23.5 Å². The topological polar surface area (TPSA) is 113 Å². The molecule has 1 aromatic carbocycles. The summed E-state index contributed by atoms with van der Waals surface area (Å²) in [6.45, 7) is 0.368. The highest BCUT2D eigenvalue weighted by atomic mass is 32.1. The van der Waals surface area contributed by atoms with Crippen LogP contribution in [0, 0.1) is 0 Å². The molecule has 32 heavy (non-hydrogen) atoms. The number of rotatable bonds is 6. The Morgan fingerprint density at radius 1 is 1.09 bits per heavy atom. The zero-order valence-electron chi connectivity index (χ0n) is 17.2. The molecule has 0 spiro atoms. The highest BCUT2D eigenvalue weighted by molar-refractivity contribution is 7.10. The standard InChI is InChI=1S/C23H21N3O5S/c27-19-8-7-17(21(29)25-19)26-10-15-16(23(26)31)11-32-18(15)9-24-22(30)20(28)14-5-3-13(4-6-14)12-1-2-12/h3-6,11-12,17H,1-2,7-10H2,(H,24,30)(H,25,27,29). The molecule has 1 aliphatic carbocycles. The molecule has 9 heteroatoms. The molecular weight excluding hydrogens is 430 g/mol.